The zero-order valence-corrected chi connectivity index (χ0v) is 18.2. The Hall–Kier alpha value is -2.56. The van der Waals surface area contributed by atoms with Crippen molar-refractivity contribution in [1.29, 1.82) is 0 Å². The van der Waals surface area contributed by atoms with Crippen LogP contribution < -0.4 is 9.77 Å². The number of nitrogens with zero attached hydrogens (tertiary/aromatic N) is 1. The molecule has 0 aliphatic carbocycles. The van der Waals surface area contributed by atoms with Crippen LogP contribution in [0.2, 0.25) is 5.02 Å². The molecule has 3 heterocycles. The lowest BCUT2D eigenvalue weighted by atomic mass is 9.83. The van der Waals surface area contributed by atoms with Crippen molar-refractivity contribution >= 4 is 52.2 Å². The first-order valence-electron chi connectivity index (χ1n) is 9.36. The van der Waals surface area contributed by atoms with E-state index in [1.54, 1.807) is 24.3 Å². The largest absolute Gasteiger partial charge is 0.418 e. The highest BCUT2D eigenvalue weighted by molar-refractivity contribution is 8.00. The monoisotopic (exact) mass is 496 g/mol. The standard InChI is InChI=1S/C21H12ClF3N2O3S2/c22-10-7-5-9(6-8-10)13-14-16(31-17-15(13)32-20(30)26-17)19(29)27(18(14)28)12-4-2-1-3-11(12)21(23,24)25/h1-8,13-14,16H,(H,26,30)/t13-,14-,16+/m0/s1. The number of hydrogen-bond acceptors (Lipinski definition) is 5. The zero-order chi connectivity index (χ0) is 22.8. The number of benzene rings is 2. The van der Waals surface area contributed by atoms with Gasteiger partial charge < -0.3 is 4.98 Å². The summed E-state index contributed by atoms with van der Waals surface area (Å²) in [6.45, 7) is 0. The first kappa shape index (κ1) is 21.3. The van der Waals surface area contributed by atoms with E-state index in [2.05, 4.69) is 4.98 Å². The fraction of sp³-hybridized carbons (Fsp3) is 0.190. The fourth-order valence-electron chi connectivity index (χ4n) is 4.19. The number of halogens is 4. The van der Waals surface area contributed by atoms with E-state index in [0.29, 0.717) is 25.4 Å². The summed E-state index contributed by atoms with van der Waals surface area (Å²) >= 11 is 7.92. The van der Waals surface area contributed by atoms with Crippen molar-refractivity contribution in [3.05, 3.63) is 79.2 Å². The molecule has 1 N–H and O–H groups in total. The normalized spacial score (nSPS) is 22.8. The summed E-state index contributed by atoms with van der Waals surface area (Å²) < 4.78 is 40.8. The quantitative estimate of drug-likeness (QED) is 0.512. The van der Waals surface area contributed by atoms with Crippen LogP contribution >= 0.6 is 34.7 Å². The Kier molecular flexibility index (Phi) is 4.99. The van der Waals surface area contributed by atoms with Gasteiger partial charge in [0.1, 0.15) is 5.25 Å². The van der Waals surface area contributed by atoms with Gasteiger partial charge >= 0.3 is 11.0 Å². The summed E-state index contributed by atoms with van der Waals surface area (Å²) in [5, 5.41) is -0.0527. The molecule has 3 aromatic rings. The third-order valence-electron chi connectivity index (χ3n) is 5.50. The highest BCUT2D eigenvalue weighted by Gasteiger charge is 2.57. The van der Waals surface area contributed by atoms with Crippen LogP contribution in [-0.2, 0) is 15.8 Å². The average molecular weight is 497 g/mol. The second-order valence-corrected chi connectivity index (χ2v) is 9.93. The molecule has 32 heavy (non-hydrogen) atoms. The van der Waals surface area contributed by atoms with Gasteiger partial charge in [0.05, 0.1) is 22.2 Å². The van der Waals surface area contributed by atoms with Crippen molar-refractivity contribution in [3.63, 3.8) is 0 Å². The maximum absolute atomic E-state index is 13.6. The number of aromatic nitrogens is 1. The lowest BCUT2D eigenvalue weighted by Crippen LogP contribution is -2.33. The number of para-hydroxylation sites is 1. The number of imide groups is 1. The minimum atomic E-state index is -4.74. The Morgan fingerprint density at radius 2 is 1.66 bits per heavy atom. The number of thioether (sulfide) groups is 1. The van der Waals surface area contributed by atoms with Crippen LogP contribution in [0.3, 0.4) is 0 Å². The number of H-pyrrole nitrogens is 1. The van der Waals surface area contributed by atoms with E-state index in [1.807, 2.05) is 0 Å². The number of hydrogen-bond donors (Lipinski definition) is 1. The number of rotatable bonds is 2. The molecule has 5 nitrogen and oxygen atoms in total. The lowest BCUT2D eigenvalue weighted by molar-refractivity contribution is -0.137. The van der Waals surface area contributed by atoms with E-state index in [4.69, 9.17) is 11.6 Å². The molecule has 1 aromatic heterocycles. The second-order valence-electron chi connectivity index (χ2n) is 7.33. The summed E-state index contributed by atoms with van der Waals surface area (Å²) in [4.78, 5) is 42.4. The molecule has 2 aromatic carbocycles. The molecule has 5 rings (SSSR count). The summed E-state index contributed by atoms with van der Waals surface area (Å²) in [5.74, 6) is -3.10. The first-order chi connectivity index (χ1) is 15.2. The summed E-state index contributed by atoms with van der Waals surface area (Å²) in [6.07, 6.45) is -4.74. The van der Waals surface area contributed by atoms with E-state index in [9.17, 15) is 27.6 Å². The van der Waals surface area contributed by atoms with Crippen LogP contribution in [0.15, 0.2) is 58.4 Å². The van der Waals surface area contributed by atoms with Gasteiger partial charge in [-0.25, -0.2) is 4.90 Å². The van der Waals surface area contributed by atoms with Gasteiger partial charge in [-0.05, 0) is 29.8 Å². The van der Waals surface area contributed by atoms with Crippen LogP contribution in [0.1, 0.15) is 21.9 Å². The number of thiazole rings is 1. The lowest BCUT2D eigenvalue weighted by Gasteiger charge is -2.29. The molecule has 2 aliphatic heterocycles. The molecular formula is C21H12ClF3N2O3S2. The highest BCUT2D eigenvalue weighted by Crippen LogP contribution is 2.53. The molecule has 164 valence electrons. The summed E-state index contributed by atoms with van der Waals surface area (Å²) in [5.41, 5.74) is -0.901. The van der Waals surface area contributed by atoms with E-state index in [0.717, 1.165) is 35.2 Å². The fourth-order valence-corrected chi connectivity index (χ4v) is 6.83. The van der Waals surface area contributed by atoms with Crippen molar-refractivity contribution in [2.75, 3.05) is 4.90 Å². The number of amides is 2. The number of carbonyl (C=O) groups is 2. The van der Waals surface area contributed by atoms with E-state index in [1.165, 1.54) is 12.1 Å². The first-order valence-corrected chi connectivity index (χ1v) is 11.4. The predicted molar refractivity (Wildman–Crippen MR) is 115 cm³/mol. The number of fused-ring (bicyclic) bond motifs is 2. The van der Waals surface area contributed by atoms with Gasteiger partial charge in [0.15, 0.2) is 0 Å². The van der Waals surface area contributed by atoms with Crippen molar-refractivity contribution in [1.82, 2.24) is 4.98 Å². The van der Waals surface area contributed by atoms with Crippen molar-refractivity contribution < 1.29 is 22.8 Å². The van der Waals surface area contributed by atoms with Crippen LogP contribution in [0.4, 0.5) is 18.9 Å². The van der Waals surface area contributed by atoms with Gasteiger partial charge in [0, 0.05) is 15.8 Å². The molecule has 2 amide bonds. The molecule has 0 spiro atoms. The number of nitrogens with one attached hydrogen (secondary N) is 1. The van der Waals surface area contributed by atoms with Crippen molar-refractivity contribution in [3.8, 4) is 0 Å². The molecule has 0 saturated carbocycles. The topological polar surface area (TPSA) is 70.2 Å². The van der Waals surface area contributed by atoms with Gasteiger partial charge in [0.25, 0.3) is 0 Å². The summed E-state index contributed by atoms with van der Waals surface area (Å²) in [6, 6.07) is 11.2. The van der Waals surface area contributed by atoms with Crippen LogP contribution in [0, 0.1) is 5.92 Å². The van der Waals surface area contributed by atoms with Crippen LogP contribution in [0.5, 0.6) is 0 Å². The van der Waals surface area contributed by atoms with Crippen LogP contribution in [0.25, 0.3) is 0 Å². The van der Waals surface area contributed by atoms with E-state index >= 15 is 0 Å². The van der Waals surface area contributed by atoms with Gasteiger partial charge in [-0.2, -0.15) is 13.2 Å². The molecule has 0 radical (unpaired) electrons. The number of aromatic amines is 1. The molecule has 1 fully saturated rings. The molecule has 1 saturated heterocycles. The number of carbonyl (C=O) groups excluding carboxylic acids is 2. The molecule has 3 atom stereocenters. The van der Waals surface area contributed by atoms with E-state index in [-0.39, 0.29) is 4.87 Å². The SMILES string of the molecule is O=C1[C@H]2[C@H](c3ccc(Cl)cc3)c3sc(=O)[nH]c3S[C@H]2C(=O)N1c1ccccc1C(F)(F)F. The minimum absolute atomic E-state index is 0.333. The average Bonchev–Trinajstić information content (AvgIpc) is 3.23. The Labute approximate surface area is 192 Å². The van der Waals surface area contributed by atoms with Crippen molar-refractivity contribution in [2.24, 2.45) is 5.92 Å². The maximum atomic E-state index is 13.6. The van der Waals surface area contributed by atoms with E-state index < -0.39 is 46.3 Å². The Morgan fingerprint density at radius 3 is 2.34 bits per heavy atom. The van der Waals surface area contributed by atoms with Gasteiger partial charge in [0.2, 0.25) is 11.8 Å². The second kappa shape index (κ2) is 7.50. The molecular weight excluding hydrogens is 485 g/mol. The minimum Gasteiger partial charge on any atom is -0.307 e. The van der Waals surface area contributed by atoms with Crippen molar-refractivity contribution in [2.45, 2.75) is 22.4 Å². The highest BCUT2D eigenvalue weighted by atomic mass is 35.5. The molecule has 11 heteroatoms. The third-order valence-corrected chi connectivity index (χ3v) is 8.16. The molecule has 0 unspecified atom stereocenters. The zero-order valence-electron chi connectivity index (χ0n) is 15.9. The number of anilines is 1. The third kappa shape index (κ3) is 3.28. The van der Waals surface area contributed by atoms with Crippen LogP contribution in [-0.4, -0.2) is 22.0 Å². The van der Waals surface area contributed by atoms with Gasteiger partial charge in [-0.1, -0.05) is 59.0 Å². The number of alkyl halides is 3. The molecule has 2 aliphatic rings. The Bertz CT molecular complexity index is 1300. The summed E-state index contributed by atoms with van der Waals surface area (Å²) in [7, 11) is 0. The predicted octanol–water partition coefficient (Wildman–Crippen LogP) is 4.90. The Balaban J connectivity index is 1.66. The van der Waals surface area contributed by atoms with Gasteiger partial charge in [-0.15, -0.1) is 0 Å². The maximum Gasteiger partial charge on any atom is 0.418 e. The Morgan fingerprint density at radius 1 is 0.969 bits per heavy atom. The smallest absolute Gasteiger partial charge is 0.307 e. The van der Waals surface area contributed by atoms with Gasteiger partial charge in [-0.3, -0.25) is 14.4 Å². The molecule has 0 bridgehead atoms.